The Hall–Kier alpha value is -2.46. The third kappa shape index (κ3) is 3.49. The minimum absolute atomic E-state index is 0.148. The number of benzene rings is 2. The Morgan fingerprint density at radius 2 is 2.00 bits per heavy atom. The van der Waals surface area contributed by atoms with E-state index in [1.807, 2.05) is 58.1 Å². The van der Waals surface area contributed by atoms with Gasteiger partial charge in [0.1, 0.15) is 6.54 Å². The van der Waals surface area contributed by atoms with E-state index in [-0.39, 0.29) is 5.91 Å². The first-order chi connectivity index (χ1) is 12.2. The van der Waals surface area contributed by atoms with Crippen LogP contribution in [0.3, 0.4) is 0 Å². The molecule has 2 heterocycles. The molecule has 0 bridgehead atoms. The minimum Gasteiger partial charge on any atom is -0.380 e. The van der Waals surface area contributed by atoms with Crippen LogP contribution >= 0.6 is 11.6 Å². The van der Waals surface area contributed by atoms with Crippen molar-refractivity contribution in [2.75, 3.05) is 18.4 Å². The Bertz CT molecular complexity index is 890. The van der Waals surface area contributed by atoms with Gasteiger partial charge in [-0.3, -0.25) is 4.79 Å². The normalized spacial score (nSPS) is 17.2. The van der Waals surface area contributed by atoms with Crippen molar-refractivity contribution in [3.05, 3.63) is 65.8 Å². The number of aromatic nitrogens is 1. The minimum atomic E-state index is 0.148. The molecule has 0 radical (unpaired) electrons. The molecular weight excluding hydrogens is 334 g/mol. The zero-order chi connectivity index (χ0) is 17.2. The number of anilines is 1. The first-order valence-corrected chi connectivity index (χ1v) is 8.90. The van der Waals surface area contributed by atoms with Gasteiger partial charge in [-0.05, 0) is 42.1 Å². The molecule has 1 fully saturated rings. The fourth-order valence-corrected chi connectivity index (χ4v) is 3.58. The van der Waals surface area contributed by atoms with E-state index >= 15 is 0 Å². The van der Waals surface area contributed by atoms with Gasteiger partial charge in [0.25, 0.3) is 0 Å². The molecular formula is C20H20ClN3O. The van der Waals surface area contributed by atoms with Crippen molar-refractivity contribution in [3.8, 4) is 0 Å². The third-order valence-electron chi connectivity index (χ3n) is 4.73. The summed E-state index contributed by atoms with van der Waals surface area (Å²) in [5.41, 5.74) is 2.10. The zero-order valence-electron chi connectivity index (χ0n) is 13.9. The molecule has 1 aliphatic heterocycles. The number of nitrogens with one attached hydrogen (secondary N) is 1. The predicted molar refractivity (Wildman–Crippen MR) is 102 cm³/mol. The van der Waals surface area contributed by atoms with Crippen LogP contribution in [0.4, 0.5) is 5.69 Å². The Morgan fingerprint density at radius 1 is 1.16 bits per heavy atom. The van der Waals surface area contributed by atoms with Gasteiger partial charge in [-0.25, -0.2) is 0 Å². The van der Waals surface area contributed by atoms with Crippen LogP contribution in [0.5, 0.6) is 0 Å². The number of carbonyl (C=O) groups is 1. The SMILES string of the molecule is O=C(Cn1ccc2ccc(Cl)cc21)N1CCC(Nc2ccccc2)C1. The average Bonchev–Trinajstić information content (AvgIpc) is 3.23. The lowest BCUT2D eigenvalue weighted by molar-refractivity contribution is -0.130. The summed E-state index contributed by atoms with van der Waals surface area (Å²) in [7, 11) is 0. The van der Waals surface area contributed by atoms with Crippen LogP contribution in [-0.2, 0) is 11.3 Å². The fraction of sp³-hybridized carbons (Fsp3) is 0.250. The first kappa shape index (κ1) is 16.0. The standard InChI is InChI=1S/C20H20ClN3O/c21-16-7-6-15-8-10-23(19(15)12-16)14-20(25)24-11-9-18(13-24)22-17-4-2-1-3-5-17/h1-8,10,12,18,22H,9,11,13-14H2. The van der Waals surface area contributed by atoms with Gasteiger partial charge in [-0.15, -0.1) is 0 Å². The molecule has 4 nitrogen and oxygen atoms in total. The lowest BCUT2D eigenvalue weighted by atomic mass is 10.2. The molecule has 0 aliphatic carbocycles. The topological polar surface area (TPSA) is 37.3 Å². The lowest BCUT2D eigenvalue weighted by Gasteiger charge is -2.18. The molecule has 1 amide bonds. The van der Waals surface area contributed by atoms with Gasteiger partial charge in [0, 0.05) is 41.6 Å². The Morgan fingerprint density at radius 3 is 2.84 bits per heavy atom. The summed E-state index contributed by atoms with van der Waals surface area (Å²) in [6, 6.07) is 18.2. The maximum atomic E-state index is 12.7. The summed E-state index contributed by atoms with van der Waals surface area (Å²) >= 11 is 6.09. The van der Waals surface area contributed by atoms with Crippen molar-refractivity contribution in [2.45, 2.75) is 19.0 Å². The van der Waals surface area contributed by atoms with Crippen LogP contribution in [0.1, 0.15) is 6.42 Å². The molecule has 1 unspecified atom stereocenters. The molecule has 2 aromatic carbocycles. The number of carbonyl (C=O) groups excluding carboxylic acids is 1. The molecule has 1 atom stereocenters. The highest BCUT2D eigenvalue weighted by Gasteiger charge is 2.26. The van der Waals surface area contributed by atoms with Crippen LogP contribution in [0, 0.1) is 0 Å². The van der Waals surface area contributed by atoms with Gasteiger partial charge in [-0.1, -0.05) is 35.9 Å². The number of nitrogens with zero attached hydrogens (tertiary/aromatic N) is 2. The molecule has 1 N–H and O–H groups in total. The first-order valence-electron chi connectivity index (χ1n) is 8.53. The number of fused-ring (bicyclic) bond motifs is 1. The van der Waals surface area contributed by atoms with Crippen LogP contribution in [-0.4, -0.2) is 34.5 Å². The van der Waals surface area contributed by atoms with Gasteiger partial charge in [-0.2, -0.15) is 0 Å². The number of halogens is 1. The van der Waals surface area contributed by atoms with E-state index in [2.05, 4.69) is 17.4 Å². The molecule has 1 aliphatic rings. The maximum Gasteiger partial charge on any atom is 0.242 e. The molecule has 1 aromatic heterocycles. The second-order valence-electron chi connectivity index (χ2n) is 6.48. The van der Waals surface area contributed by atoms with Gasteiger partial charge in [0.15, 0.2) is 0 Å². The van der Waals surface area contributed by atoms with E-state index in [0.29, 0.717) is 17.6 Å². The van der Waals surface area contributed by atoms with Crippen LogP contribution in [0.25, 0.3) is 10.9 Å². The summed E-state index contributed by atoms with van der Waals surface area (Å²) in [5.74, 6) is 0.148. The predicted octanol–water partition coefficient (Wildman–Crippen LogP) is 4.01. The largest absolute Gasteiger partial charge is 0.380 e. The Balaban J connectivity index is 1.41. The molecule has 0 saturated carbocycles. The van der Waals surface area contributed by atoms with E-state index < -0.39 is 0 Å². The van der Waals surface area contributed by atoms with Gasteiger partial charge >= 0.3 is 0 Å². The van der Waals surface area contributed by atoms with E-state index in [9.17, 15) is 4.79 Å². The van der Waals surface area contributed by atoms with Crippen molar-refractivity contribution in [2.24, 2.45) is 0 Å². The summed E-state index contributed by atoms with van der Waals surface area (Å²) in [6.45, 7) is 1.89. The van der Waals surface area contributed by atoms with Crippen LogP contribution in [0.15, 0.2) is 60.8 Å². The van der Waals surface area contributed by atoms with Crippen molar-refractivity contribution >= 4 is 34.1 Å². The number of para-hydroxylation sites is 1. The van der Waals surface area contributed by atoms with Crippen molar-refractivity contribution in [3.63, 3.8) is 0 Å². The van der Waals surface area contributed by atoms with E-state index in [1.54, 1.807) is 0 Å². The summed E-state index contributed by atoms with van der Waals surface area (Å²) in [6.07, 6.45) is 2.92. The number of rotatable bonds is 4. The summed E-state index contributed by atoms with van der Waals surface area (Å²) in [5, 5.41) is 5.29. The van der Waals surface area contributed by atoms with Crippen LogP contribution in [0.2, 0.25) is 5.02 Å². The van der Waals surface area contributed by atoms with Gasteiger partial charge < -0.3 is 14.8 Å². The maximum absolute atomic E-state index is 12.7. The monoisotopic (exact) mass is 353 g/mol. The molecule has 4 rings (SSSR count). The van der Waals surface area contributed by atoms with Crippen molar-refractivity contribution in [1.29, 1.82) is 0 Å². The van der Waals surface area contributed by atoms with Crippen molar-refractivity contribution < 1.29 is 4.79 Å². The highest BCUT2D eigenvalue weighted by atomic mass is 35.5. The highest BCUT2D eigenvalue weighted by molar-refractivity contribution is 6.31. The highest BCUT2D eigenvalue weighted by Crippen LogP contribution is 2.21. The van der Waals surface area contributed by atoms with E-state index in [0.717, 1.165) is 36.1 Å². The van der Waals surface area contributed by atoms with E-state index in [4.69, 9.17) is 11.6 Å². The smallest absolute Gasteiger partial charge is 0.242 e. The third-order valence-corrected chi connectivity index (χ3v) is 4.96. The zero-order valence-corrected chi connectivity index (χ0v) is 14.6. The molecule has 128 valence electrons. The average molecular weight is 354 g/mol. The molecule has 3 aromatic rings. The van der Waals surface area contributed by atoms with Gasteiger partial charge in [0.05, 0.1) is 0 Å². The lowest BCUT2D eigenvalue weighted by Crippen LogP contribution is -2.33. The summed E-state index contributed by atoms with van der Waals surface area (Å²) in [4.78, 5) is 14.6. The Kier molecular flexibility index (Phi) is 4.36. The number of hydrogen-bond acceptors (Lipinski definition) is 2. The fourth-order valence-electron chi connectivity index (χ4n) is 3.42. The number of likely N-dealkylation sites (tertiary alicyclic amines) is 1. The Labute approximate surface area is 152 Å². The van der Waals surface area contributed by atoms with Crippen molar-refractivity contribution in [1.82, 2.24) is 9.47 Å². The van der Waals surface area contributed by atoms with Crippen LogP contribution < -0.4 is 5.32 Å². The number of amides is 1. The summed E-state index contributed by atoms with van der Waals surface area (Å²) < 4.78 is 1.97. The molecule has 0 spiro atoms. The second kappa shape index (κ2) is 6.81. The van der Waals surface area contributed by atoms with E-state index in [1.165, 1.54) is 0 Å². The number of hydrogen-bond donors (Lipinski definition) is 1. The quantitative estimate of drug-likeness (QED) is 0.769. The van der Waals surface area contributed by atoms with Gasteiger partial charge in [0.2, 0.25) is 5.91 Å². The molecule has 25 heavy (non-hydrogen) atoms. The molecule has 1 saturated heterocycles. The molecule has 5 heteroatoms. The second-order valence-corrected chi connectivity index (χ2v) is 6.92.